The van der Waals surface area contributed by atoms with E-state index in [2.05, 4.69) is 0 Å². The Kier molecular flexibility index (Phi) is 8.51. The van der Waals surface area contributed by atoms with Crippen LogP contribution in [-0.2, 0) is 21.2 Å². The van der Waals surface area contributed by atoms with E-state index in [1.165, 1.54) is 40.6 Å². The Morgan fingerprint density at radius 3 is 2.46 bits per heavy atom. The van der Waals surface area contributed by atoms with Gasteiger partial charge in [0.05, 0.1) is 24.6 Å². The number of carbonyl (C=O) groups is 1. The fourth-order valence-electron chi connectivity index (χ4n) is 4.37. The lowest BCUT2D eigenvalue weighted by Crippen LogP contribution is -2.49. The predicted molar refractivity (Wildman–Crippen MR) is 141 cm³/mol. The van der Waals surface area contributed by atoms with Gasteiger partial charge in [0.2, 0.25) is 15.9 Å². The number of benzene rings is 2. The molecule has 0 spiro atoms. The molecule has 37 heavy (non-hydrogen) atoms. The number of carbonyl (C=O) groups excluding carboxylic acids is 1. The van der Waals surface area contributed by atoms with Crippen LogP contribution >= 0.6 is 11.3 Å². The summed E-state index contributed by atoms with van der Waals surface area (Å²) in [5.74, 6) is 0.403. The average molecular weight is 547 g/mol. The van der Waals surface area contributed by atoms with Crippen molar-refractivity contribution in [3.8, 4) is 11.5 Å². The summed E-state index contributed by atoms with van der Waals surface area (Å²) in [5.41, 5.74) is 1.000. The summed E-state index contributed by atoms with van der Waals surface area (Å²) in [6, 6.07) is 13.1. The number of halogens is 1. The van der Waals surface area contributed by atoms with E-state index in [-0.39, 0.29) is 41.9 Å². The first-order valence-electron chi connectivity index (χ1n) is 12.1. The first-order valence-corrected chi connectivity index (χ1v) is 14.5. The van der Waals surface area contributed by atoms with E-state index in [1.807, 2.05) is 18.4 Å². The molecule has 0 saturated carbocycles. The minimum Gasteiger partial charge on any atom is -0.497 e. The topological polar surface area (TPSA) is 76.2 Å². The van der Waals surface area contributed by atoms with E-state index in [0.717, 1.165) is 5.56 Å². The minimum absolute atomic E-state index is 0.108. The third-order valence-electron chi connectivity index (χ3n) is 6.68. The zero-order chi connectivity index (χ0) is 26.6. The van der Waals surface area contributed by atoms with Crippen molar-refractivity contribution in [2.45, 2.75) is 43.7 Å². The van der Waals surface area contributed by atoms with Gasteiger partial charge in [0.15, 0.2) is 0 Å². The van der Waals surface area contributed by atoms with Crippen molar-refractivity contribution in [1.29, 1.82) is 0 Å². The van der Waals surface area contributed by atoms with Crippen LogP contribution in [0.5, 0.6) is 11.5 Å². The lowest BCUT2D eigenvalue weighted by Gasteiger charge is -2.37. The molecule has 2 aromatic carbocycles. The van der Waals surface area contributed by atoms with E-state index in [9.17, 15) is 17.6 Å². The molecule has 4 rings (SSSR count). The maximum absolute atomic E-state index is 13.7. The second-order valence-corrected chi connectivity index (χ2v) is 11.8. The number of thiophene rings is 1. The fraction of sp³-hybridized carbons (Fsp3) is 0.370. The first-order chi connectivity index (χ1) is 17.7. The lowest BCUT2D eigenvalue weighted by molar-refractivity contribution is -0.135. The van der Waals surface area contributed by atoms with E-state index in [4.69, 9.17) is 9.47 Å². The zero-order valence-electron chi connectivity index (χ0n) is 21.1. The number of nitrogens with zero attached hydrogens (tertiary/aromatic N) is 2. The van der Waals surface area contributed by atoms with Gasteiger partial charge in [-0.15, -0.1) is 11.3 Å². The number of sulfonamides is 1. The second-order valence-electron chi connectivity index (χ2n) is 8.90. The molecule has 0 N–H and O–H groups in total. The highest BCUT2D eigenvalue weighted by Crippen LogP contribution is 2.34. The molecule has 0 fully saturated rings. The fourth-order valence-corrected chi connectivity index (χ4v) is 6.95. The standard InChI is InChI=1S/C27H31FN2O5S2/c1-4-19(2)30(37(32,33)23-11-9-21(34-3)10-12-23)17-27(31)29-15-13-26-24(14-16-36-26)25(29)18-35-22-7-5-20(28)6-8-22/h5-12,14,16,19,25H,4,13,15,17-18H2,1-3H3/t19-,25+/m0/s1. The van der Waals surface area contributed by atoms with Gasteiger partial charge in [0.1, 0.15) is 23.9 Å². The summed E-state index contributed by atoms with van der Waals surface area (Å²) in [6.07, 6.45) is 1.24. The highest BCUT2D eigenvalue weighted by atomic mass is 32.2. The van der Waals surface area contributed by atoms with Crippen LogP contribution in [0.3, 0.4) is 0 Å². The van der Waals surface area contributed by atoms with Crippen molar-refractivity contribution in [3.05, 3.63) is 76.2 Å². The van der Waals surface area contributed by atoms with Crippen molar-refractivity contribution in [3.63, 3.8) is 0 Å². The maximum atomic E-state index is 13.7. The molecule has 2 atom stereocenters. The van der Waals surface area contributed by atoms with Gasteiger partial charge in [-0.05, 0) is 85.3 Å². The molecule has 0 saturated heterocycles. The second kappa shape index (κ2) is 11.6. The average Bonchev–Trinajstić information content (AvgIpc) is 3.40. The van der Waals surface area contributed by atoms with Gasteiger partial charge in [0, 0.05) is 17.5 Å². The highest BCUT2D eigenvalue weighted by Gasteiger charge is 2.36. The lowest BCUT2D eigenvalue weighted by atomic mass is 10.0. The van der Waals surface area contributed by atoms with Crippen LogP contribution < -0.4 is 9.47 Å². The zero-order valence-corrected chi connectivity index (χ0v) is 22.7. The van der Waals surface area contributed by atoms with Crippen LogP contribution in [0.15, 0.2) is 64.9 Å². The molecule has 1 amide bonds. The predicted octanol–water partition coefficient (Wildman–Crippen LogP) is 4.89. The van der Waals surface area contributed by atoms with Gasteiger partial charge in [-0.3, -0.25) is 4.79 Å². The molecular weight excluding hydrogens is 515 g/mol. The van der Waals surface area contributed by atoms with E-state index >= 15 is 0 Å². The Morgan fingerprint density at radius 2 is 1.81 bits per heavy atom. The largest absolute Gasteiger partial charge is 0.497 e. The molecule has 198 valence electrons. The molecule has 0 bridgehead atoms. The smallest absolute Gasteiger partial charge is 0.243 e. The Labute approximate surface area is 221 Å². The Balaban J connectivity index is 1.58. The van der Waals surface area contributed by atoms with Crippen LogP contribution in [0.1, 0.15) is 36.8 Å². The molecule has 1 aromatic heterocycles. The van der Waals surface area contributed by atoms with Crippen molar-refractivity contribution in [1.82, 2.24) is 9.21 Å². The number of fused-ring (bicyclic) bond motifs is 1. The molecule has 3 aromatic rings. The summed E-state index contributed by atoms with van der Waals surface area (Å²) in [4.78, 5) is 16.7. The molecule has 0 unspecified atom stereocenters. The summed E-state index contributed by atoms with van der Waals surface area (Å²) >= 11 is 1.63. The molecule has 0 radical (unpaired) electrons. The first kappa shape index (κ1) is 27.1. The van der Waals surface area contributed by atoms with Crippen LogP contribution in [0.25, 0.3) is 0 Å². The maximum Gasteiger partial charge on any atom is 0.243 e. The number of hydrogen-bond acceptors (Lipinski definition) is 6. The van der Waals surface area contributed by atoms with Gasteiger partial charge >= 0.3 is 0 Å². The van der Waals surface area contributed by atoms with Gasteiger partial charge in [-0.25, -0.2) is 12.8 Å². The van der Waals surface area contributed by atoms with Gasteiger partial charge in [-0.2, -0.15) is 4.31 Å². The van der Waals surface area contributed by atoms with Gasteiger partial charge in [0.25, 0.3) is 0 Å². The Morgan fingerprint density at radius 1 is 1.14 bits per heavy atom. The van der Waals surface area contributed by atoms with Crippen LogP contribution in [-0.4, -0.2) is 56.4 Å². The molecule has 1 aliphatic rings. The number of methoxy groups -OCH3 is 1. The number of ether oxygens (including phenoxy) is 2. The summed E-state index contributed by atoms with van der Waals surface area (Å²) in [5, 5.41) is 1.99. The summed E-state index contributed by atoms with van der Waals surface area (Å²) < 4.78 is 52.9. The highest BCUT2D eigenvalue weighted by molar-refractivity contribution is 7.89. The number of hydrogen-bond donors (Lipinski definition) is 0. The SMILES string of the molecule is CC[C@H](C)N(CC(=O)N1CCc2sccc2[C@H]1COc1ccc(F)cc1)S(=O)(=O)c1ccc(OC)cc1. The third kappa shape index (κ3) is 5.97. The molecule has 2 heterocycles. The molecule has 10 heteroatoms. The normalized spacial score (nSPS) is 16.4. The molecule has 0 aliphatic carbocycles. The molecule has 1 aliphatic heterocycles. The Hall–Kier alpha value is -2.95. The monoisotopic (exact) mass is 546 g/mol. The van der Waals surface area contributed by atoms with Crippen LogP contribution in [0.2, 0.25) is 0 Å². The van der Waals surface area contributed by atoms with Crippen molar-refractivity contribution in [2.75, 3.05) is 26.8 Å². The van der Waals surface area contributed by atoms with Crippen molar-refractivity contribution in [2.24, 2.45) is 0 Å². The van der Waals surface area contributed by atoms with E-state index < -0.39 is 10.0 Å². The van der Waals surface area contributed by atoms with Crippen molar-refractivity contribution >= 4 is 27.3 Å². The van der Waals surface area contributed by atoms with E-state index in [1.54, 1.807) is 47.4 Å². The van der Waals surface area contributed by atoms with E-state index in [0.29, 0.717) is 30.9 Å². The quantitative estimate of drug-likeness (QED) is 0.362. The number of rotatable bonds is 10. The van der Waals surface area contributed by atoms with Gasteiger partial charge < -0.3 is 14.4 Å². The van der Waals surface area contributed by atoms with Gasteiger partial charge in [-0.1, -0.05) is 6.92 Å². The Bertz CT molecular complexity index is 1310. The number of amides is 1. The summed E-state index contributed by atoms with van der Waals surface area (Å²) in [7, 11) is -2.42. The van der Waals surface area contributed by atoms with Crippen LogP contribution in [0, 0.1) is 5.82 Å². The summed E-state index contributed by atoms with van der Waals surface area (Å²) in [6.45, 7) is 4.05. The minimum atomic E-state index is -3.93. The van der Waals surface area contributed by atoms with Crippen molar-refractivity contribution < 1.29 is 27.1 Å². The molecule has 7 nitrogen and oxygen atoms in total. The van der Waals surface area contributed by atoms with Crippen LogP contribution in [0.4, 0.5) is 4.39 Å². The third-order valence-corrected chi connectivity index (χ3v) is 9.65. The molecular formula is C27H31FN2O5S2.